The molecule has 0 N–H and O–H groups in total. The number of hydrogen-bond acceptors (Lipinski definition) is 6. The Kier molecular flexibility index (Phi) is 3.02. The summed E-state index contributed by atoms with van der Waals surface area (Å²) in [4.78, 5) is 6.77. The van der Waals surface area contributed by atoms with Gasteiger partial charge in [0.05, 0.1) is 12.6 Å². The molecule has 2 aromatic heterocycles. The molecule has 1 aliphatic carbocycles. The predicted molar refractivity (Wildman–Crippen MR) is 74.4 cm³/mol. The number of rotatable bonds is 4. The summed E-state index contributed by atoms with van der Waals surface area (Å²) in [5.74, 6) is 4.23. The van der Waals surface area contributed by atoms with Gasteiger partial charge < -0.3 is 9.09 Å². The van der Waals surface area contributed by atoms with E-state index >= 15 is 0 Å². The smallest absolute Gasteiger partial charge is 0.223 e. The first-order chi connectivity index (χ1) is 10.2. The van der Waals surface area contributed by atoms with Gasteiger partial charge in [0.25, 0.3) is 0 Å². The van der Waals surface area contributed by atoms with Gasteiger partial charge in [-0.15, -0.1) is 10.2 Å². The molecule has 2 aromatic rings. The molecule has 4 rings (SSSR count). The van der Waals surface area contributed by atoms with Gasteiger partial charge in [-0.25, -0.2) is 0 Å². The fourth-order valence-corrected chi connectivity index (χ4v) is 3.15. The highest BCUT2D eigenvalue weighted by atomic mass is 16.5. The third-order valence-electron chi connectivity index (χ3n) is 4.49. The van der Waals surface area contributed by atoms with E-state index in [1.807, 2.05) is 6.92 Å². The molecule has 21 heavy (non-hydrogen) atoms. The van der Waals surface area contributed by atoms with Crippen LogP contribution in [-0.2, 0) is 13.6 Å². The first kappa shape index (κ1) is 12.9. The zero-order valence-electron chi connectivity index (χ0n) is 12.5. The quantitative estimate of drug-likeness (QED) is 0.853. The summed E-state index contributed by atoms with van der Waals surface area (Å²) in [6, 6.07) is 0.239. The Morgan fingerprint density at radius 1 is 1.24 bits per heavy atom. The minimum atomic E-state index is 0.239. The average molecular weight is 288 g/mol. The van der Waals surface area contributed by atoms with E-state index < -0.39 is 0 Å². The van der Waals surface area contributed by atoms with E-state index in [4.69, 9.17) is 4.52 Å². The van der Waals surface area contributed by atoms with Gasteiger partial charge in [0.2, 0.25) is 5.89 Å². The van der Waals surface area contributed by atoms with Crippen molar-refractivity contribution in [3.8, 4) is 0 Å². The summed E-state index contributed by atoms with van der Waals surface area (Å²) in [5.41, 5.74) is 0. The van der Waals surface area contributed by atoms with Crippen LogP contribution in [0.3, 0.4) is 0 Å². The topological polar surface area (TPSA) is 72.9 Å². The van der Waals surface area contributed by atoms with E-state index in [-0.39, 0.29) is 6.04 Å². The maximum Gasteiger partial charge on any atom is 0.223 e. The minimum absolute atomic E-state index is 0.239. The van der Waals surface area contributed by atoms with Crippen LogP contribution in [-0.4, -0.2) is 36.3 Å². The highest BCUT2D eigenvalue weighted by molar-refractivity contribution is 5.08. The van der Waals surface area contributed by atoms with Crippen LogP contribution in [0.15, 0.2) is 4.52 Å². The second-order valence-corrected chi connectivity index (χ2v) is 6.11. The summed E-state index contributed by atoms with van der Waals surface area (Å²) in [5, 5.41) is 12.8. The number of hydrogen-bond donors (Lipinski definition) is 0. The standard InChI is InChI=1S/C14H20N6O/c1-9-15-13(18-21-9)11-4-3-7-20(11)8-12-16-17-14(19(12)2)10-5-6-10/h10-11H,3-8H2,1-2H3/t11-/m0/s1. The van der Waals surface area contributed by atoms with Crippen LogP contribution in [0.25, 0.3) is 0 Å². The Labute approximate surface area is 123 Å². The first-order valence-electron chi connectivity index (χ1n) is 7.65. The molecule has 0 amide bonds. The molecule has 0 aromatic carbocycles. The molecule has 3 heterocycles. The fraction of sp³-hybridized carbons (Fsp3) is 0.714. The van der Waals surface area contributed by atoms with Crippen LogP contribution in [0.4, 0.5) is 0 Å². The van der Waals surface area contributed by atoms with Crippen LogP contribution in [0, 0.1) is 6.92 Å². The van der Waals surface area contributed by atoms with Gasteiger partial charge >= 0.3 is 0 Å². The van der Waals surface area contributed by atoms with Gasteiger partial charge in [-0.2, -0.15) is 4.98 Å². The number of nitrogens with zero attached hydrogens (tertiary/aromatic N) is 6. The lowest BCUT2D eigenvalue weighted by Crippen LogP contribution is -2.25. The molecule has 7 nitrogen and oxygen atoms in total. The Hall–Kier alpha value is -1.76. The fourth-order valence-electron chi connectivity index (χ4n) is 3.15. The van der Waals surface area contributed by atoms with Gasteiger partial charge in [0.15, 0.2) is 5.82 Å². The van der Waals surface area contributed by atoms with Crippen LogP contribution in [0.5, 0.6) is 0 Å². The molecule has 2 aliphatic rings. The van der Waals surface area contributed by atoms with E-state index in [0.29, 0.717) is 11.8 Å². The Bertz CT molecular complexity index is 644. The lowest BCUT2D eigenvalue weighted by Gasteiger charge is -2.21. The van der Waals surface area contributed by atoms with Crippen LogP contribution < -0.4 is 0 Å². The van der Waals surface area contributed by atoms with Gasteiger partial charge in [-0.05, 0) is 32.2 Å². The molecule has 1 saturated heterocycles. The zero-order chi connectivity index (χ0) is 14.4. The second-order valence-electron chi connectivity index (χ2n) is 6.11. The molecule has 1 aliphatic heterocycles. The molecule has 0 spiro atoms. The zero-order valence-corrected chi connectivity index (χ0v) is 12.5. The van der Waals surface area contributed by atoms with Crippen molar-refractivity contribution >= 4 is 0 Å². The van der Waals surface area contributed by atoms with E-state index in [1.165, 1.54) is 12.8 Å². The van der Waals surface area contributed by atoms with Crippen molar-refractivity contribution in [2.24, 2.45) is 7.05 Å². The SMILES string of the molecule is Cc1nc([C@@H]2CCCN2Cc2nnc(C3CC3)n2C)no1. The second kappa shape index (κ2) is 4.91. The molecule has 2 fully saturated rings. The van der Waals surface area contributed by atoms with E-state index in [0.717, 1.165) is 43.4 Å². The van der Waals surface area contributed by atoms with E-state index in [2.05, 4.69) is 36.9 Å². The van der Waals surface area contributed by atoms with Gasteiger partial charge in [-0.3, -0.25) is 4.90 Å². The molecule has 0 bridgehead atoms. The molecule has 112 valence electrons. The van der Waals surface area contributed by atoms with Crippen molar-refractivity contribution in [1.82, 2.24) is 29.8 Å². The van der Waals surface area contributed by atoms with Crippen molar-refractivity contribution in [1.29, 1.82) is 0 Å². The first-order valence-corrected chi connectivity index (χ1v) is 7.65. The Morgan fingerprint density at radius 3 is 2.81 bits per heavy atom. The van der Waals surface area contributed by atoms with Crippen molar-refractivity contribution < 1.29 is 4.52 Å². The summed E-state index contributed by atoms with van der Waals surface area (Å²) >= 11 is 0. The predicted octanol–water partition coefficient (Wildman–Crippen LogP) is 1.72. The maximum atomic E-state index is 5.12. The molecular weight excluding hydrogens is 268 g/mol. The summed E-state index contributed by atoms with van der Waals surface area (Å²) in [7, 11) is 2.08. The number of likely N-dealkylation sites (tertiary alicyclic amines) is 1. The molecule has 7 heteroatoms. The van der Waals surface area contributed by atoms with Gasteiger partial charge in [0.1, 0.15) is 11.6 Å². The van der Waals surface area contributed by atoms with Gasteiger partial charge in [-0.1, -0.05) is 5.16 Å². The highest BCUT2D eigenvalue weighted by Crippen LogP contribution is 2.39. The Balaban J connectivity index is 1.53. The third kappa shape index (κ3) is 2.35. The summed E-state index contributed by atoms with van der Waals surface area (Å²) < 4.78 is 7.28. The molecule has 1 saturated carbocycles. The number of aryl methyl sites for hydroxylation is 1. The highest BCUT2D eigenvalue weighted by Gasteiger charge is 2.33. The van der Waals surface area contributed by atoms with Crippen LogP contribution in [0.1, 0.15) is 61.0 Å². The molecule has 0 unspecified atom stereocenters. The van der Waals surface area contributed by atoms with E-state index in [9.17, 15) is 0 Å². The van der Waals surface area contributed by atoms with E-state index in [1.54, 1.807) is 0 Å². The van der Waals surface area contributed by atoms with Crippen molar-refractivity contribution in [3.63, 3.8) is 0 Å². The van der Waals surface area contributed by atoms with Crippen molar-refractivity contribution in [2.45, 2.75) is 51.1 Å². The maximum absolute atomic E-state index is 5.12. The minimum Gasteiger partial charge on any atom is -0.340 e. The van der Waals surface area contributed by atoms with Crippen molar-refractivity contribution in [2.75, 3.05) is 6.54 Å². The largest absolute Gasteiger partial charge is 0.340 e. The summed E-state index contributed by atoms with van der Waals surface area (Å²) in [6.07, 6.45) is 4.73. The van der Waals surface area contributed by atoms with Crippen LogP contribution >= 0.6 is 0 Å². The normalized spacial score (nSPS) is 23.0. The number of aromatic nitrogens is 5. The van der Waals surface area contributed by atoms with Crippen molar-refractivity contribution in [3.05, 3.63) is 23.4 Å². The summed E-state index contributed by atoms with van der Waals surface area (Å²) in [6.45, 7) is 3.68. The lowest BCUT2D eigenvalue weighted by atomic mass is 10.2. The van der Waals surface area contributed by atoms with Gasteiger partial charge in [0, 0.05) is 19.9 Å². The molecule has 1 atom stereocenters. The molecular formula is C14H20N6O. The third-order valence-corrected chi connectivity index (χ3v) is 4.49. The Morgan fingerprint density at radius 2 is 2.10 bits per heavy atom. The lowest BCUT2D eigenvalue weighted by molar-refractivity contribution is 0.226. The van der Waals surface area contributed by atoms with Crippen LogP contribution in [0.2, 0.25) is 0 Å². The molecule has 0 radical (unpaired) electrons. The average Bonchev–Trinajstić information content (AvgIpc) is 2.88. The monoisotopic (exact) mass is 288 g/mol.